The molecule has 0 heterocycles. The molecule has 1 rings (SSSR count). The number of rotatable bonds is 7. The Balaban J connectivity index is 2.23. The molecule has 0 aliphatic heterocycles. The zero-order chi connectivity index (χ0) is 11.3. The minimum Gasteiger partial charge on any atom is -0.385 e. The van der Waals surface area contributed by atoms with E-state index in [0.29, 0.717) is 5.41 Å². The highest BCUT2D eigenvalue weighted by Crippen LogP contribution is 2.30. The van der Waals surface area contributed by atoms with Gasteiger partial charge in [-0.15, -0.1) is 0 Å². The van der Waals surface area contributed by atoms with Crippen LogP contribution in [0.25, 0.3) is 0 Å². The predicted octanol–water partition coefficient (Wildman–Crippen LogP) is 2.83. The van der Waals surface area contributed by atoms with Gasteiger partial charge in [0.2, 0.25) is 0 Å². The fourth-order valence-corrected chi connectivity index (χ4v) is 1.91. The highest BCUT2D eigenvalue weighted by atomic mass is 16.5. The van der Waals surface area contributed by atoms with E-state index in [1.54, 1.807) is 7.11 Å². The molecule has 0 saturated heterocycles. The lowest BCUT2D eigenvalue weighted by atomic mass is 9.78. The Kier molecular flexibility index (Phi) is 5.07. The van der Waals surface area contributed by atoms with Gasteiger partial charge >= 0.3 is 0 Å². The van der Waals surface area contributed by atoms with Gasteiger partial charge in [-0.25, -0.2) is 0 Å². The number of methoxy groups -OCH3 is 1. The molecule has 1 aliphatic rings. The highest BCUT2D eigenvalue weighted by Gasteiger charge is 2.27. The van der Waals surface area contributed by atoms with Crippen molar-refractivity contribution in [2.75, 3.05) is 20.3 Å². The Bertz CT molecular complexity index is 170. The van der Waals surface area contributed by atoms with Crippen molar-refractivity contribution in [3.63, 3.8) is 0 Å². The molecule has 2 heteroatoms. The van der Waals surface area contributed by atoms with Crippen molar-refractivity contribution in [2.24, 2.45) is 11.3 Å². The first-order valence-corrected chi connectivity index (χ1v) is 6.26. The van der Waals surface area contributed by atoms with Crippen molar-refractivity contribution >= 4 is 0 Å². The van der Waals surface area contributed by atoms with Crippen LogP contribution in [-0.2, 0) is 4.74 Å². The molecule has 0 radical (unpaired) electrons. The fourth-order valence-electron chi connectivity index (χ4n) is 1.91. The van der Waals surface area contributed by atoms with Gasteiger partial charge in [0.1, 0.15) is 0 Å². The number of ether oxygens (including phenoxy) is 1. The van der Waals surface area contributed by atoms with Crippen LogP contribution in [0, 0.1) is 11.3 Å². The maximum Gasteiger partial charge on any atom is 0.0462 e. The Morgan fingerprint density at radius 1 is 1.33 bits per heavy atom. The monoisotopic (exact) mass is 213 g/mol. The molecular weight excluding hydrogens is 186 g/mol. The van der Waals surface area contributed by atoms with Gasteiger partial charge in [-0.3, -0.25) is 0 Å². The maximum absolute atomic E-state index is 5.12. The van der Waals surface area contributed by atoms with E-state index in [0.717, 1.165) is 18.6 Å². The van der Waals surface area contributed by atoms with E-state index in [9.17, 15) is 0 Å². The van der Waals surface area contributed by atoms with E-state index in [2.05, 4.69) is 26.1 Å². The first-order valence-electron chi connectivity index (χ1n) is 6.26. The lowest BCUT2D eigenvalue weighted by Gasteiger charge is -2.31. The fraction of sp³-hybridized carbons (Fsp3) is 1.00. The van der Waals surface area contributed by atoms with E-state index in [1.807, 2.05) is 0 Å². The van der Waals surface area contributed by atoms with Gasteiger partial charge in [0.15, 0.2) is 0 Å². The summed E-state index contributed by atoms with van der Waals surface area (Å²) in [6.07, 6.45) is 5.23. The molecule has 0 bridgehead atoms. The van der Waals surface area contributed by atoms with Gasteiger partial charge in [-0.1, -0.05) is 20.8 Å². The van der Waals surface area contributed by atoms with E-state index in [-0.39, 0.29) is 0 Å². The summed E-state index contributed by atoms with van der Waals surface area (Å²) in [6, 6.07) is 0.831. The quantitative estimate of drug-likeness (QED) is 0.657. The lowest BCUT2D eigenvalue weighted by molar-refractivity contribution is 0.161. The normalized spacial score (nSPS) is 19.2. The Labute approximate surface area is 94.8 Å². The summed E-state index contributed by atoms with van der Waals surface area (Å²) < 4.78 is 5.12. The smallest absolute Gasteiger partial charge is 0.0462 e. The lowest BCUT2D eigenvalue weighted by Crippen LogP contribution is -2.33. The minimum absolute atomic E-state index is 0.412. The third kappa shape index (κ3) is 5.53. The third-order valence-corrected chi connectivity index (χ3v) is 3.36. The molecule has 1 N–H and O–H groups in total. The molecule has 15 heavy (non-hydrogen) atoms. The van der Waals surface area contributed by atoms with Gasteiger partial charge in [0, 0.05) is 19.8 Å². The van der Waals surface area contributed by atoms with Crippen molar-refractivity contribution in [3.8, 4) is 0 Å². The molecule has 2 nitrogen and oxygen atoms in total. The number of hydrogen-bond acceptors (Lipinski definition) is 2. The zero-order valence-electron chi connectivity index (χ0n) is 10.8. The van der Waals surface area contributed by atoms with Crippen LogP contribution in [0.4, 0.5) is 0 Å². The van der Waals surface area contributed by atoms with Crippen LogP contribution in [0.1, 0.15) is 46.5 Å². The van der Waals surface area contributed by atoms with Gasteiger partial charge < -0.3 is 10.1 Å². The molecule has 0 amide bonds. The van der Waals surface area contributed by atoms with Crippen molar-refractivity contribution in [2.45, 2.75) is 52.5 Å². The van der Waals surface area contributed by atoms with Crippen LogP contribution in [-0.4, -0.2) is 26.3 Å². The molecule has 1 aliphatic carbocycles. The van der Waals surface area contributed by atoms with Gasteiger partial charge in [0.05, 0.1) is 0 Å². The largest absolute Gasteiger partial charge is 0.385 e. The number of nitrogens with one attached hydrogen (secondary N) is 1. The first-order chi connectivity index (χ1) is 7.04. The molecular formula is C13H27NO. The number of hydrogen-bond donors (Lipinski definition) is 1. The summed E-state index contributed by atoms with van der Waals surface area (Å²) in [4.78, 5) is 0. The van der Waals surface area contributed by atoms with E-state index >= 15 is 0 Å². The summed E-state index contributed by atoms with van der Waals surface area (Å²) in [5.74, 6) is 0.772. The third-order valence-electron chi connectivity index (χ3n) is 3.36. The molecule has 0 spiro atoms. The van der Waals surface area contributed by atoms with Gasteiger partial charge in [-0.05, 0) is 43.6 Å². The molecule has 1 saturated carbocycles. The van der Waals surface area contributed by atoms with E-state index in [4.69, 9.17) is 4.74 Å². The van der Waals surface area contributed by atoms with Crippen LogP contribution in [0.2, 0.25) is 0 Å². The SMILES string of the molecule is COCCCC(CNC1CC1)C(C)(C)C. The molecule has 90 valence electrons. The summed E-state index contributed by atoms with van der Waals surface area (Å²) in [6.45, 7) is 9.12. The second kappa shape index (κ2) is 5.86. The second-order valence-corrected chi connectivity index (χ2v) is 5.88. The van der Waals surface area contributed by atoms with Gasteiger partial charge in [0.25, 0.3) is 0 Å². The molecule has 1 unspecified atom stereocenters. The minimum atomic E-state index is 0.412. The zero-order valence-corrected chi connectivity index (χ0v) is 10.8. The van der Waals surface area contributed by atoms with Crippen LogP contribution in [0.3, 0.4) is 0 Å². The molecule has 0 aromatic rings. The molecule has 0 aromatic carbocycles. The maximum atomic E-state index is 5.12. The summed E-state index contributed by atoms with van der Waals surface area (Å²) in [5, 5.41) is 3.65. The van der Waals surface area contributed by atoms with Crippen LogP contribution in [0.5, 0.6) is 0 Å². The highest BCUT2D eigenvalue weighted by molar-refractivity contribution is 4.84. The Morgan fingerprint density at radius 3 is 2.47 bits per heavy atom. The standard InChI is InChI=1S/C13H27NO/c1-13(2,3)11(6-5-9-15-4)10-14-12-7-8-12/h11-12,14H,5-10H2,1-4H3. The second-order valence-electron chi connectivity index (χ2n) is 5.88. The van der Waals surface area contributed by atoms with E-state index in [1.165, 1.54) is 32.2 Å². The summed E-state index contributed by atoms with van der Waals surface area (Å²) >= 11 is 0. The Hall–Kier alpha value is -0.0800. The molecule has 1 atom stereocenters. The average molecular weight is 213 g/mol. The topological polar surface area (TPSA) is 21.3 Å². The van der Waals surface area contributed by atoms with Gasteiger partial charge in [-0.2, -0.15) is 0 Å². The van der Waals surface area contributed by atoms with Crippen molar-refractivity contribution in [1.82, 2.24) is 5.32 Å². The van der Waals surface area contributed by atoms with E-state index < -0.39 is 0 Å². The summed E-state index contributed by atoms with van der Waals surface area (Å²) in [5.41, 5.74) is 0.412. The van der Waals surface area contributed by atoms with Crippen molar-refractivity contribution in [3.05, 3.63) is 0 Å². The first kappa shape index (κ1) is 13.0. The molecule has 1 fully saturated rings. The van der Waals surface area contributed by atoms with Crippen LogP contribution >= 0.6 is 0 Å². The summed E-state index contributed by atoms with van der Waals surface area (Å²) in [7, 11) is 1.79. The predicted molar refractivity (Wildman–Crippen MR) is 65.1 cm³/mol. The average Bonchev–Trinajstić information content (AvgIpc) is 2.92. The van der Waals surface area contributed by atoms with Crippen LogP contribution < -0.4 is 5.32 Å². The Morgan fingerprint density at radius 2 is 2.00 bits per heavy atom. The van der Waals surface area contributed by atoms with Crippen molar-refractivity contribution in [1.29, 1.82) is 0 Å². The van der Waals surface area contributed by atoms with Crippen molar-refractivity contribution < 1.29 is 4.74 Å². The molecule has 0 aromatic heterocycles. The van der Waals surface area contributed by atoms with Crippen LogP contribution in [0.15, 0.2) is 0 Å².